The highest BCUT2D eigenvalue weighted by atomic mass is 16.5. The van der Waals surface area contributed by atoms with Crippen molar-refractivity contribution in [3.63, 3.8) is 0 Å². The summed E-state index contributed by atoms with van der Waals surface area (Å²) in [6.45, 7) is 0. The van der Waals surface area contributed by atoms with Gasteiger partial charge in [0.15, 0.2) is 29.0 Å². The second-order valence-corrected chi connectivity index (χ2v) is 15.9. The lowest BCUT2D eigenvalue weighted by Gasteiger charge is -2.37. The molecular weight excluding hydrogens is 761 g/mol. The fourth-order valence-electron chi connectivity index (χ4n) is 9.78. The molecule has 3 heterocycles. The molecule has 62 heavy (non-hydrogen) atoms. The Kier molecular flexibility index (Phi) is 7.42. The van der Waals surface area contributed by atoms with Crippen LogP contribution in [0, 0.1) is 0 Å². The summed E-state index contributed by atoms with van der Waals surface area (Å²) in [4.78, 5) is 17.2. The normalized spacial score (nSPS) is 15.5. The average molecular weight is 795 g/mol. The van der Waals surface area contributed by atoms with E-state index in [1.165, 1.54) is 0 Å². The first-order valence-corrected chi connectivity index (χ1v) is 20.9. The maximum atomic E-state index is 7.30. The summed E-state index contributed by atoms with van der Waals surface area (Å²) in [7, 11) is 0. The van der Waals surface area contributed by atoms with Gasteiger partial charge in [0.05, 0.1) is 16.9 Å². The van der Waals surface area contributed by atoms with Gasteiger partial charge in [-0.15, -0.1) is 0 Å². The Morgan fingerprint density at radius 1 is 0.435 bits per heavy atom. The minimum Gasteiger partial charge on any atom is -0.459 e. The van der Waals surface area contributed by atoms with E-state index < -0.39 is 5.41 Å². The topological polar surface area (TPSA) is 64.3 Å². The number of benzene rings is 8. The van der Waals surface area contributed by atoms with Gasteiger partial charge in [-0.05, 0) is 69.8 Å². The highest BCUT2D eigenvalue weighted by Crippen LogP contribution is 2.66. The van der Waals surface area contributed by atoms with Crippen LogP contribution in [0.2, 0.25) is 0 Å². The second-order valence-electron chi connectivity index (χ2n) is 15.9. The molecular formula is C56H34N4O2. The van der Waals surface area contributed by atoms with E-state index in [1.807, 2.05) is 72.8 Å². The van der Waals surface area contributed by atoms with Crippen LogP contribution in [-0.2, 0) is 5.41 Å². The molecule has 1 aliphatic heterocycles. The van der Waals surface area contributed by atoms with Crippen molar-refractivity contribution in [1.29, 1.82) is 0 Å². The lowest BCUT2D eigenvalue weighted by atomic mass is 9.75. The zero-order valence-corrected chi connectivity index (χ0v) is 33.2. The highest BCUT2D eigenvalue weighted by molar-refractivity contribution is 6.08. The summed E-state index contributed by atoms with van der Waals surface area (Å²) in [6, 6.07) is 71.5. The molecule has 0 radical (unpaired) electrons. The molecule has 290 valence electrons. The van der Waals surface area contributed by atoms with E-state index in [0.717, 1.165) is 101 Å². The minimum atomic E-state index is -0.876. The molecule has 2 aromatic heterocycles. The molecule has 0 amide bonds. The van der Waals surface area contributed by atoms with E-state index in [9.17, 15) is 0 Å². The fraction of sp³-hybridized carbons (Fsp3) is 0.0179. The van der Waals surface area contributed by atoms with Crippen molar-refractivity contribution >= 4 is 28.0 Å². The second kappa shape index (κ2) is 13.3. The summed E-state index contributed by atoms with van der Waals surface area (Å²) >= 11 is 0. The number of para-hydroxylation sites is 4. The molecule has 6 nitrogen and oxygen atoms in total. The molecule has 0 saturated carbocycles. The first kappa shape index (κ1) is 34.5. The number of nitrogens with zero attached hydrogens (tertiary/aromatic N) is 4. The number of hydrogen-bond donors (Lipinski definition) is 0. The number of anilines is 2. The van der Waals surface area contributed by atoms with Crippen molar-refractivity contribution in [3.8, 4) is 62.2 Å². The summed E-state index contributed by atoms with van der Waals surface area (Å²) in [5.41, 5.74) is 13.6. The maximum Gasteiger partial charge on any atom is 0.164 e. The minimum absolute atomic E-state index is 0.619. The van der Waals surface area contributed by atoms with Gasteiger partial charge < -0.3 is 14.1 Å². The number of fused-ring (bicyclic) bond motifs is 12. The van der Waals surface area contributed by atoms with Crippen LogP contribution in [0.4, 0.5) is 11.4 Å². The Balaban J connectivity index is 1.00. The van der Waals surface area contributed by atoms with E-state index >= 15 is 0 Å². The monoisotopic (exact) mass is 794 g/mol. The van der Waals surface area contributed by atoms with Crippen LogP contribution >= 0.6 is 0 Å². The summed E-state index contributed by atoms with van der Waals surface area (Å²) in [5.74, 6) is 4.40. The number of hydrogen-bond acceptors (Lipinski definition) is 6. The Labute approximate surface area is 357 Å². The molecule has 6 heteroatoms. The van der Waals surface area contributed by atoms with E-state index in [0.29, 0.717) is 17.5 Å². The van der Waals surface area contributed by atoms with Crippen LogP contribution in [-0.4, -0.2) is 15.0 Å². The van der Waals surface area contributed by atoms with Gasteiger partial charge in [0.2, 0.25) is 0 Å². The van der Waals surface area contributed by atoms with Crippen molar-refractivity contribution in [1.82, 2.24) is 15.0 Å². The van der Waals surface area contributed by atoms with Crippen LogP contribution in [0.15, 0.2) is 216 Å². The van der Waals surface area contributed by atoms with E-state index in [-0.39, 0.29) is 0 Å². The van der Waals surface area contributed by atoms with Crippen LogP contribution in [0.1, 0.15) is 22.5 Å². The molecule has 0 bridgehead atoms. The third-order valence-corrected chi connectivity index (χ3v) is 12.5. The predicted octanol–water partition coefficient (Wildman–Crippen LogP) is 13.5. The van der Waals surface area contributed by atoms with E-state index in [1.54, 1.807) is 0 Å². The number of aromatic nitrogens is 3. The number of furan rings is 1. The third kappa shape index (κ3) is 4.95. The smallest absolute Gasteiger partial charge is 0.164 e. The van der Waals surface area contributed by atoms with Gasteiger partial charge in [-0.2, -0.15) is 0 Å². The lowest BCUT2D eigenvalue weighted by molar-refractivity contribution is 0.346. The van der Waals surface area contributed by atoms with E-state index in [2.05, 4.69) is 138 Å². The van der Waals surface area contributed by atoms with Crippen LogP contribution in [0.5, 0.6) is 5.75 Å². The first-order chi connectivity index (χ1) is 30.7. The Bertz CT molecular complexity index is 3380. The highest BCUT2D eigenvalue weighted by Gasteiger charge is 2.60. The lowest BCUT2D eigenvalue weighted by Crippen LogP contribution is -2.32. The Morgan fingerprint density at radius 2 is 0.984 bits per heavy atom. The number of ether oxygens (including phenoxy) is 1. The first-order valence-electron chi connectivity index (χ1n) is 20.9. The fourth-order valence-corrected chi connectivity index (χ4v) is 9.78. The van der Waals surface area contributed by atoms with Crippen LogP contribution < -0.4 is 9.64 Å². The summed E-state index contributed by atoms with van der Waals surface area (Å²) in [5, 5.41) is 1.05. The van der Waals surface area contributed by atoms with Crippen molar-refractivity contribution in [3.05, 3.63) is 234 Å². The van der Waals surface area contributed by atoms with Gasteiger partial charge in [0.25, 0.3) is 0 Å². The summed E-state index contributed by atoms with van der Waals surface area (Å²) in [6.07, 6.45) is 0. The molecule has 1 unspecified atom stereocenters. The zero-order chi connectivity index (χ0) is 40.8. The van der Waals surface area contributed by atoms with Gasteiger partial charge in [-0.25, -0.2) is 15.0 Å². The molecule has 1 atom stereocenters. The Hall–Kier alpha value is -8.35. The molecule has 0 N–H and O–H groups in total. The SMILES string of the molecule is c1ccc(-c2nc(-c3ccccc3)nc(-c3ccc(-c4ccc5c(c4)C4(C6=C(c7c4oc4ccccc74)N(c4ccccc4)c4ccccc4O6)c4ccccc4-5)cc3)n2)cc1. The maximum absolute atomic E-state index is 7.30. The van der Waals surface area contributed by atoms with Crippen molar-refractivity contribution < 1.29 is 9.15 Å². The molecule has 13 rings (SSSR count). The molecule has 0 saturated heterocycles. The van der Waals surface area contributed by atoms with E-state index in [4.69, 9.17) is 24.1 Å². The van der Waals surface area contributed by atoms with Gasteiger partial charge in [0.1, 0.15) is 16.8 Å². The van der Waals surface area contributed by atoms with Gasteiger partial charge in [-0.1, -0.05) is 170 Å². The van der Waals surface area contributed by atoms with Gasteiger partial charge >= 0.3 is 0 Å². The molecule has 8 aromatic carbocycles. The molecule has 1 spiro atoms. The molecule has 3 aliphatic rings. The van der Waals surface area contributed by atoms with Crippen molar-refractivity contribution in [2.45, 2.75) is 5.41 Å². The summed E-state index contributed by atoms with van der Waals surface area (Å²) < 4.78 is 14.5. The quantitative estimate of drug-likeness (QED) is 0.173. The molecule has 2 aliphatic carbocycles. The largest absolute Gasteiger partial charge is 0.459 e. The molecule has 0 fully saturated rings. The standard InChI is InChI=1S/C56H34N4O2/c1-4-16-36(17-5-1)53-57-54(37-18-6-2-7-19-37)59-55(58-53)38-30-28-35(29-31-38)39-32-33-42-41-22-10-12-24-44(41)56(45(42)34-39)51-49(43-23-11-14-26-47(43)61-51)50-52(56)62-48-27-15-13-25-46(48)60(50)40-20-8-3-9-21-40/h1-34H. The third-order valence-electron chi connectivity index (χ3n) is 12.5. The predicted molar refractivity (Wildman–Crippen MR) is 246 cm³/mol. The number of rotatable bonds is 5. The number of allylic oxidation sites excluding steroid dienone is 1. The zero-order valence-electron chi connectivity index (χ0n) is 33.2. The van der Waals surface area contributed by atoms with Gasteiger partial charge in [-0.3, -0.25) is 0 Å². The average Bonchev–Trinajstić information content (AvgIpc) is 3.97. The van der Waals surface area contributed by atoms with Crippen LogP contribution in [0.25, 0.3) is 73.1 Å². The van der Waals surface area contributed by atoms with Crippen LogP contribution in [0.3, 0.4) is 0 Å². The van der Waals surface area contributed by atoms with Crippen molar-refractivity contribution in [2.75, 3.05) is 4.90 Å². The molecule has 10 aromatic rings. The van der Waals surface area contributed by atoms with Crippen molar-refractivity contribution in [2.24, 2.45) is 0 Å². The van der Waals surface area contributed by atoms with Gasteiger partial charge in [0, 0.05) is 27.8 Å². The Morgan fingerprint density at radius 3 is 1.71 bits per heavy atom.